The Hall–Kier alpha value is -3.12. The lowest BCUT2D eigenvalue weighted by Crippen LogP contribution is -2.56. The summed E-state index contributed by atoms with van der Waals surface area (Å²) < 4.78 is 0. The van der Waals surface area contributed by atoms with Gasteiger partial charge in [-0.15, -0.1) is 0 Å². The molecule has 6 heterocycles. The van der Waals surface area contributed by atoms with E-state index in [1.807, 2.05) is 48.9 Å². The third-order valence-electron chi connectivity index (χ3n) is 7.22. The maximum atomic E-state index is 13.1. The molecule has 0 amide bonds. The van der Waals surface area contributed by atoms with Crippen molar-refractivity contribution in [2.45, 2.75) is 31.3 Å². The molecule has 0 radical (unpaired) electrons. The monoisotopic (exact) mass is 411 g/mol. The molecule has 156 valence electrons. The predicted octanol–water partition coefficient (Wildman–Crippen LogP) is 4.48. The largest absolute Gasteiger partial charge is 0.361 e. The fourth-order valence-electron chi connectivity index (χ4n) is 5.68. The van der Waals surface area contributed by atoms with Gasteiger partial charge in [0.2, 0.25) is 0 Å². The van der Waals surface area contributed by atoms with Crippen molar-refractivity contribution in [3.8, 4) is 0 Å². The number of carbonyl (C=O) groups excluding carboxylic acids is 1. The Morgan fingerprint density at radius 3 is 2.84 bits per heavy atom. The molecule has 1 aromatic carbocycles. The van der Waals surface area contributed by atoms with Crippen LogP contribution in [0.1, 0.15) is 30.0 Å². The zero-order valence-corrected chi connectivity index (χ0v) is 17.3. The SMILES string of the molecule is O=C1C=C(C2C3CCN(CC3)C2Cc2cccnc2)N=NC1c1ccc2[nH]ccc2c1. The van der Waals surface area contributed by atoms with E-state index in [-0.39, 0.29) is 11.7 Å². The topological polar surface area (TPSA) is 73.7 Å². The van der Waals surface area contributed by atoms with E-state index in [2.05, 4.69) is 31.2 Å². The molecule has 0 spiro atoms. The van der Waals surface area contributed by atoms with Crippen molar-refractivity contribution in [2.24, 2.45) is 22.1 Å². The summed E-state index contributed by atoms with van der Waals surface area (Å²) in [7, 11) is 0. The summed E-state index contributed by atoms with van der Waals surface area (Å²) in [6.07, 6.45) is 10.7. The van der Waals surface area contributed by atoms with Crippen LogP contribution in [0.5, 0.6) is 0 Å². The van der Waals surface area contributed by atoms with Gasteiger partial charge in [0, 0.05) is 42.1 Å². The van der Waals surface area contributed by atoms with Gasteiger partial charge in [-0.05, 0) is 79.0 Å². The molecule has 1 N–H and O–H groups in total. The summed E-state index contributed by atoms with van der Waals surface area (Å²) in [5.74, 6) is 0.859. The lowest BCUT2D eigenvalue weighted by atomic mass is 9.70. The third kappa shape index (κ3) is 3.31. The van der Waals surface area contributed by atoms with E-state index in [9.17, 15) is 4.79 Å². The fourth-order valence-corrected chi connectivity index (χ4v) is 5.68. The maximum absolute atomic E-state index is 13.1. The summed E-state index contributed by atoms with van der Waals surface area (Å²) in [5, 5.41) is 10.3. The van der Waals surface area contributed by atoms with E-state index in [0.717, 1.165) is 41.7 Å². The molecule has 0 saturated carbocycles. The minimum atomic E-state index is -0.541. The van der Waals surface area contributed by atoms with Crippen molar-refractivity contribution >= 4 is 16.7 Å². The van der Waals surface area contributed by atoms with Gasteiger partial charge in [0.1, 0.15) is 0 Å². The number of nitrogens with zero attached hydrogens (tertiary/aromatic N) is 4. The van der Waals surface area contributed by atoms with E-state index in [1.54, 1.807) is 6.08 Å². The molecule has 3 fully saturated rings. The molecule has 4 aliphatic heterocycles. The quantitative estimate of drug-likeness (QED) is 0.688. The number of rotatable bonds is 4. The molecular weight excluding hydrogens is 386 g/mol. The van der Waals surface area contributed by atoms with Gasteiger partial charge in [-0.25, -0.2) is 0 Å². The van der Waals surface area contributed by atoms with Crippen LogP contribution in [-0.4, -0.2) is 39.8 Å². The van der Waals surface area contributed by atoms with E-state index in [4.69, 9.17) is 0 Å². The Labute approximate surface area is 181 Å². The van der Waals surface area contributed by atoms with E-state index in [1.165, 1.54) is 18.4 Å². The first-order chi connectivity index (χ1) is 15.3. The van der Waals surface area contributed by atoms with Crippen molar-refractivity contribution in [2.75, 3.05) is 13.1 Å². The first kappa shape index (κ1) is 18.6. The number of H-pyrrole nitrogens is 1. The molecule has 3 atom stereocenters. The minimum Gasteiger partial charge on any atom is -0.361 e. The first-order valence-electron chi connectivity index (χ1n) is 11.1. The van der Waals surface area contributed by atoms with E-state index in [0.29, 0.717) is 12.0 Å². The molecule has 31 heavy (non-hydrogen) atoms. The van der Waals surface area contributed by atoms with Crippen molar-refractivity contribution in [1.29, 1.82) is 0 Å². The lowest BCUT2D eigenvalue weighted by Gasteiger charge is -2.51. The molecule has 6 heteroatoms. The Morgan fingerprint density at radius 1 is 1.13 bits per heavy atom. The van der Waals surface area contributed by atoms with Crippen molar-refractivity contribution in [3.05, 3.63) is 77.9 Å². The highest BCUT2D eigenvalue weighted by Crippen LogP contribution is 2.44. The van der Waals surface area contributed by atoms with Gasteiger partial charge in [0.05, 0.1) is 5.70 Å². The number of pyridine rings is 1. The zero-order valence-electron chi connectivity index (χ0n) is 17.3. The van der Waals surface area contributed by atoms with Crippen molar-refractivity contribution < 1.29 is 4.79 Å². The molecule has 6 nitrogen and oxygen atoms in total. The normalized spacial score (nSPS) is 30.0. The average molecular weight is 412 g/mol. The summed E-state index contributed by atoms with van der Waals surface area (Å²) in [6.45, 7) is 2.26. The van der Waals surface area contributed by atoms with Crippen LogP contribution >= 0.6 is 0 Å². The van der Waals surface area contributed by atoms with Crippen LogP contribution in [0, 0.1) is 11.8 Å². The summed E-state index contributed by atoms with van der Waals surface area (Å²) in [4.78, 5) is 23.2. The number of carbonyl (C=O) groups is 1. The number of hydrogen-bond donors (Lipinski definition) is 1. The molecule has 3 aromatic rings. The second kappa shape index (κ2) is 7.54. The molecule has 7 rings (SSSR count). The number of aromatic nitrogens is 2. The van der Waals surface area contributed by atoms with Crippen LogP contribution < -0.4 is 0 Å². The highest BCUT2D eigenvalue weighted by atomic mass is 16.1. The molecule has 3 unspecified atom stereocenters. The molecule has 0 aliphatic carbocycles. The molecule has 2 aromatic heterocycles. The Morgan fingerprint density at radius 2 is 2.03 bits per heavy atom. The molecule has 4 aliphatic rings. The second-order valence-corrected chi connectivity index (χ2v) is 8.95. The zero-order chi connectivity index (χ0) is 20.8. The van der Waals surface area contributed by atoms with Gasteiger partial charge in [-0.1, -0.05) is 12.1 Å². The number of nitrogens with one attached hydrogen (secondary N) is 1. The van der Waals surface area contributed by atoms with E-state index >= 15 is 0 Å². The predicted molar refractivity (Wildman–Crippen MR) is 119 cm³/mol. The highest BCUT2D eigenvalue weighted by molar-refractivity contribution is 5.97. The Balaban J connectivity index is 1.28. The van der Waals surface area contributed by atoms with Crippen LogP contribution in [-0.2, 0) is 11.2 Å². The number of hydrogen-bond acceptors (Lipinski definition) is 5. The second-order valence-electron chi connectivity index (χ2n) is 8.95. The smallest absolute Gasteiger partial charge is 0.188 e. The number of azo groups is 1. The fraction of sp³-hybridized carbons (Fsp3) is 0.360. The van der Waals surface area contributed by atoms with E-state index < -0.39 is 6.04 Å². The highest BCUT2D eigenvalue weighted by Gasteiger charge is 2.45. The van der Waals surface area contributed by atoms with Crippen LogP contribution in [0.25, 0.3) is 10.9 Å². The van der Waals surface area contributed by atoms with Crippen LogP contribution in [0.4, 0.5) is 0 Å². The number of ketones is 1. The third-order valence-corrected chi connectivity index (χ3v) is 7.22. The summed E-state index contributed by atoms with van der Waals surface area (Å²) in [6, 6.07) is 12.0. The van der Waals surface area contributed by atoms with Gasteiger partial charge in [0.15, 0.2) is 11.8 Å². The lowest BCUT2D eigenvalue weighted by molar-refractivity contribution is -0.116. The van der Waals surface area contributed by atoms with Crippen LogP contribution in [0.2, 0.25) is 0 Å². The number of piperidine rings is 3. The summed E-state index contributed by atoms with van der Waals surface area (Å²) >= 11 is 0. The molecular formula is C25H25N5O. The van der Waals surface area contributed by atoms with Gasteiger partial charge in [-0.2, -0.15) is 10.2 Å². The van der Waals surface area contributed by atoms with Gasteiger partial charge in [-0.3, -0.25) is 14.7 Å². The molecule has 2 bridgehead atoms. The van der Waals surface area contributed by atoms with Crippen molar-refractivity contribution in [1.82, 2.24) is 14.9 Å². The van der Waals surface area contributed by atoms with Gasteiger partial charge < -0.3 is 4.98 Å². The number of benzene rings is 1. The molecule has 3 saturated heterocycles. The Kier molecular flexibility index (Phi) is 4.53. The average Bonchev–Trinajstić information content (AvgIpc) is 3.28. The van der Waals surface area contributed by atoms with Crippen molar-refractivity contribution in [3.63, 3.8) is 0 Å². The van der Waals surface area contributed by atoms with Gasteiger partial charge >= 0.3 is 0 Å². The standard InChI is InChI=1S/C25H25N5O/c31-23-14-21(28-29-25(23)19-3-4-20-18(13-19)5-9-27-20)24-17-6-10-30(11-7-17)22(24)12-16-2-1-8-26-15-16/h1-5,8-9,13-15,17,22,24-25,27H,6-7,10-12H2. The maximum Gasteiger partial charge on any atom is 0.188 e. The first-order valence-corrected chi connectivity index (χ1v) is 11.1. The van der Waals surface area contributed by atoms with Gasteiger partial charge in [0.25, 0.3) is 0 Å². The van der Waals surface area contributed by atoms with Crippen LogP contribution in [0.15, 0.2) is 77.0 Å². The number of aromatic amines is 1. The van der Waals surface area contributed by atoms with Crippen LogP contribution in [0.3, 0.4) is 0 Å². The Bertz CT molecular complexity index is 1170. The number of fused-ring (bicyclic) bond motifs is 4. The minimum absolute atomic E-state index is 0.0384. The summed E-state index contributed by atoms with van der Waals surface area (Å²) in [5.41, 5.74) is 4.07.